The van der Waals surface area contributed by atoms with E-state index in [1.807, 2.05) is 0 Å². The first kappa shape index (κ1) is 17.2. The molecular formula is C16H27N5. The number of hydrogen-bond acceptors (Lipinski definition) is 5. The van der Waals surface area contributed by atoms with Crippen molar-refractivity contribution in [1.29, 1.82) is 5.26 Å². The van der Waals surface area contributed by atoms with E-state index in [9.17, 15) is 0 Å². The molecule has 0 bridgehead atoms. The molecule has 0 aliphatic heterocycles. The minimum Gasteiger partial charge on any atom is -0.370 e. The van der Waals surface area contributed by atoms with E-state index in [4.69, 9.17) is 5.26 Å². The third-order valence-electron chi connectivity index (χ3n) is 3.34. The Kier molecular flexibility index (Phi) is 6.93. The van der Waals surface area contributed by atoms with Crippen LogP contribution in [0.2, 0.25) is 0 Å². The normalized spacial score (nSPS) is 10.8. The molecule has 1 aromatic rings. The van der Waals surface area contributed by atoms with Gasteiger partial charge < -0.3 is 10.2 Å². The minimum atomic E-state index is 0.296. The number of anilines is 2. The molecule has 0 saturated carbocycles. The van der Waals surface area contributed by atoms with Crippen LogP contribution in [-0.4, -0.2) is 29.1 Å². The predicted octanol–water partition coefficient (Wildman–Crippen LogP) is 3.55. The van der Waals surface area contributed by atoms with Gasteiger partial charge in [-0.2, -0.15) is 5.26 Å². The van der Waals surface area contributed by atoms with Crippen molar-refractivity contribution < 1.29 is 0 Å². The Morgan fingerprint density at radius 3 is 2.52 bits per heavy atom. The summed E-state index contributed by atoms with van der Waals surface area (Å²) < 4.78 is 0. The van der Waals surface area contributed by atoms with Gasteiger partial charge in [-0.1, -0.05) is 20.8 Å². The Balaban J connectivity index is 3.22. The largest absolute Gasteiger partial charge is 0.370 e. The van der Waals surface area contributed by atoms with Crippen molar-refractivity contribution in [3.05, 3.63) is 11.9 Å². The van der Waals surface area contributed by atoms with E-state index in [1.54, 1.807) is 6.33 Å². The SMILES string of the molecule is CCCNc1ncnc(N(CCC#N)C(C)C)c1C(C)C. The lowest BCUT2D eigenvalue weighted by Gasteiger charge is -2.30. The van der Waals surface area contributed by atoms with Crippen LogP contribution in [0.1, 0.15) is 58.9 Å². The lowest BCUT2D eigenvalue weighted by molar-refractivity contribution is 0.665. The van der Waals surface area contributed by atoms with Gasteiger partial charge in [-0.25, -0.2) is 9.97 Å². The van der Waals surface area contributed by atoms with Gasteiger partial charge in [0.15, 0.2) is 0 Å². The second-order valence-electron chi connectivity index (χ2n) is 5.74. The summed E-state index contributed by atoms with van der Waals surface area (Å²) in [4.78, 5) is 11.1. The van der Waals surface area contributed by atoms with Crippen LogP contribution >= 0.6 is 0 Å². The van der Waals surface area contributed by atoms with Crippen molar-refractivity contribution in [3.8, 4) is 6.07 Å². The third kappa shape index (κ3) is 4.59. The Bertz CT molecular complexity index is 476. The second-order valence-corrected chi connectivity index (χ2v) is 5.74. The average molecular weight is 289 g/mol. The summed E-state index contributed by atoms with van der Waals surface area (Å²) in [5, 5.41) is 12.3. The molecule has 0 amide bonds. The Morgan fingerprint density at radius 2 is 2.00 bits per heavy atom. The van der Waals surface area contributed by atoms with Crippen LogP contribution in [-0.2, 0) is 0 Å². The molecule has 1 rings (SSSR count). The van der Waals surface area contributed by atoms with Crippen molar-refractivity contribution in [2.75, 3.05) is 23.3 Å². The van der Waals surface area contributed by atoms with Crippen LogP contribution in [0.15, 0.2) is 6.33 Å². The van der Waals surface area contributed by atoms with Gasteiger partial charge >= 0.3 is 0 Å². The molecule has 1 aromatic heterocycles. The zero-order valence-electron chi connectivity index (χ0n) is 13.8. The molecule has 0 saturated heterocycles. The Labute approximate surface area is 128 Å². The highest BCUT2D eigenvalue weighted by Crippen LogP contribution is 2.31. The molecule has 0 unspecified atom stereocenters. The van der Waals surface area contributed by atoms with E-state index >= 15 is 0 Å². The lowest BCUT2D eigenvalue weighted by Crippen LogP contribution is -2.33. The second kappa shape index (κ2) is 8.46. The summed E-state index contributed by atoms with van der Waals surface area (Å²) in [7, 11) is 0. The van der Waals surface area contributed by atoms with E-state index in [1.165, 1.54) is 0 Å². The highest BCUT2D eigenvalue weighted by molar-refractivity contribution is 5.60. The summed E-state index contributed by atoms with van der Waals surface area (Å²) in [5.74, 6) is 2.19. The van der Waals surface area contributed by atoms with Crippen LogP contribution in [0.3, 0.4) is 0 Å². The molecule has 0 fully saturated rings. The lowest BCUT2D eigenvalue weighted by atomic mass is 10.0. The van der Waals surface area contributed by atoms with Crippen LogP contribution < -0.4 is 10.2 Å². The standard InChI is InChI=1S/C16H27N5/c1-6-9-18-15-14(12(2)3)16(20-11-19-15)21(13(4)5)10-7-8-17/h11-13H,6-7,9-10H2,1-5H3,(H,18,19,20). The highest BCUT2D eigenvalue weighted by Gasteiger charge is 2.21. The van der Waals surface area contributed by atoms with E-state index in [0.717, 1.165) is 30.2 Å². The summed E-state index contributed by atoms with van der Waals surface area (Å²) in [6, 6.07) is 2.52. The van der Waals surface area contributed by atoms with Gasteiger partial charge in [0.25, 0.3) is 0 Å². The van der Waals surface area contributed by atoms with Gasteiger partial charge in [0, 0.05) is 24.7 Å². The summed E-state index contributed by atoms with van der Waals surface area (Å²) in [6.07, 6.45) is 3.16. The van der Waals surface area contributed by atoms with E-state index < -0.39 is 0 Å². The molecule has 5 nitrogen and oxygen atoms in total. The van der Waals surface area contributed by atoms with Crippen LogP contribution in [0, 0.1) is 11.3 Å². The third-order valence-corrected chi connectivity index (χ3v) is 3.34. The zero-order chi connectivity index (χ0) is 15.8. The summed E-state index contributed by atoms with van der Waals surface area (Å²) in [5.41, 5.74) is 1.14. The molecule has 0 aliphatic rings. The fourth-order valence-electron chi connectivity index (χ4n) is 2.31. The zero-order valence-corrected chi connectivity index (χ0v) is 13.8. The average Bonchev–Trinajstić information content (AvgIpc) is 2.44. The minimum absolute atomic E-state index is 0.296. The summed E-state index contributed by atoms with van der Waals surface area (Å²) in [6.45, 7) is 12.3. The Hall–Kier alpha value is -1.83. The molecule has 21 heavy (non-hydrogen) atoms. The van der Waals surface area contributed by atoms with E-state index in [-0.39, 0.29) is 0 Å². The number of nitriles is 1. The van der Waals surface area contributed by atoms with Crippen molar-refractivity contribution in [1.82, 2.24) is 9.97 Å². The van der Waals surface area contributed by atoms with Crippen LogP contribution in [0.5, 0.6) is 0 Å². The smallest absolute Gasteiger partial charge is 0.137 e. The molecule has 116 valence electrons. The first-order valence-corrected chi connectivity index (χ1v) is 7.75. The molecule has 0 aliphatic carbocycles. The van der Waals surface area contributed by atoms with Crippen molar-refractivity contribution >= 4 is 11.6 Å². The monoisotopic (exact) mass is 289 g/mol. The van der Waals surface area contributed by atoms with Gasteiger partial charge in [0.2, 0.25) is 0 Å². The predicted molar refractivity (Wildman–Crippen MR) is 87.6 cm³/mol. The Morgan fingerprint density at radius 1 is 1.29 bits per heavy atom. The van der Waals surface area contributed by atoms with Gasteiger partial charge in [-0.15, -0.1) is 0 Å². The molecular weight excluding hydrogens is 262 g/mol. The number of nitrogens with zero attached hydrogens (tertiary/aromatic N) is 4. The van der Waals surface area contributed by atoms with Crippen molar-refractivity contribution in [2.45, 2.75) is 59.4 Å². The maximum atomic E-state index is 8.87. The molecule has 0 radical (unpaired) electrons. The van der Waals surface area contributed by atoms with Crippen LogP contribution in [0.4, 0.5) is 11.6 Å². The maximum Gasteiger partial charge on any atom is 0.137 e. The molecule has 0 spiro atoms. The molecule has 0 atom stereocenters. The quantitative estimate of drug-likeness (QED) is 0.793. The van der Waals surface area contributed by atoms with Gasteiger partial charge in [0.1, 0.15) is 18.0 Å². The van der Waals surface area contributed by atoms with Gasteiger partial charge in [0.05, 0.1) is 12.5 Å². The molecule has 0 aromatic carbocycles. The molecule has 1 N–H and O–H groups in total. The summed E-state index contributed by atoms with van der Waals surface area (Å²) >= 11 is 0. The first-order chi connectivity index (χ1) is 10.0. The number of hydrogen-bond donors (Lipinski definition) is 1. The highest BCUT2D eigenvalue weighted by atomic mass is 15.2. The molecule has 1 heterocycles. The topological polar surface area (TPSA) is 64.8 Å². The number of nitrogens with one attached hydrogen (secondary N) is 1. The number of aromatic nitrogens is 2. The van der Waals surface area contributed by atoms with Crippen molar-refractivity contribution in [2.24, 2.45) is 0 Å². The fourth-order valence-corrected chi connectivity index (χ4v) is 2.31. The van der Waals surface area contributed by atoms with E-state index in [2.05, 4.69) is 60.9 Å². The van der Waals surface area contributed by atoms with Gasteiger partial charge in [-0.3, -0.25) is 0 Å². The van der Waals surface area contributed by atoms with Crippen molar-refractivity contribution in [3.63, 3.8) is 0 Å². The first-order valence-electron chi connectivity index (χ1n) is 7.75. The fraction of sp³-hybridized carbons (Fsp3) is 0.688. The number of rotatable bonds is 8. The van der Waals surface area contributed by atoms with Gasteiger partial charge in [-0.05, 0) is 26.2 Å². The maximum absolute atomic E-state index is 8.87. The molecule has 5 heteroatoms. The van der Waals surface area contributed by atoms with E-state index in [0.29, 0.717) is 24.9 Å². The van der Waals surface area contributed by atoms with Crippen LogP contribution in [0.25, 0.3) is 0 Å².